The van der Waals surface area contributed by atoms with Crippen molar-refractivity contribution in [3.63, 3.8) is 0 Å². The highest BCUT2D eigenvalue weighted by atomic mass is 16.4. The monoisotopic (exact) mass is 238 g/mol. The van der Waals surface area contributed by atoms with E-state index >= 15 is 0 Å². The summed E-state index contributed by atoms with van der Waals surface area (Å²) in [6, 6.07) is 3.26. The Morgan fingerprint density at radius 2 is 2.24 bits per heavy atom. The molecule has 0 fully saturated rings. The molecule has 2 N–H and O–H groups in total. The van der Waals surface area contributed by atoms with Crippen LogP contribution in [0.2, 0.25) is 0 Å². The van der Waals surface area contributed by atoms with Crippen LogP contribution < -0.4 is 0 Å². The number of nitrogens with zero attached hydrogens (tertiary/aromatic N) is 2. The largest absolute Gasteiger partial charge is 0.478 e. The van der Waals surface area contributed by atoms with Crippen molar-refractivity contribution in [2.45, 2.75) is 26.0 Å². The van der Waals surface area contributed by atoms with Gasteiger partial charge in [0, 0.05) is 19.3 Å². The van der Waals surface area contributed by atoms with Crippen LogP contribution in [0.5, 0.6) is 0 Å². The van der Waals surface area contributed by atoms with Crippen molar-refractivity contribution in [3.8, 4) is 0 Å². The number of carboxylic acid groups (broad SMARTS) is 1. The van der Waals surface area contributed by atoms with Gasteiger partial charge in [0.1, 0.15) is 0 Å². The van der Waals surface area contributed by atoms with Gasteiger partial charge < -0.3 is 15.1 Å². The van der Waals surface area contributed by atoms with Crippen LogP contribution in [0.25, 0.3) is 0 Å². The van der Waals surface area contributed by atoms with Gasteiger partial charge in [-0.1, -0.05) is 0 Å². The molecule has 1 aromatic rings. The number of carboxylic acids is 1. The van der Waals surface area contributed by atoms with Crippen molar-refractivity contribution < 1.29 is 15.0 Å². The van der Waals surface area contributed by atoms with Gasteiger partial charge in [0.15, 0.2) is 0 Å². The topological polar surface area (TPSA) is 73.7 Å². The molecule has 0 aliphatic heterocycles. The van der Waals surface area contributed by atoms with E-state index in [-0.39, 0.29) is 11.7 Å². The van der Waals surface area contributed by atoms with Crippen molar-refractivity contribution >= 4 is 5.97 Å². The fourth-order valence-electron chi connectivity index (χ4n) is 1.41. The summed E-state index contributed by atoms with van der Waals surface area (Å²) in [5, 5.41) is 17.9. The smallest absolute Gasteiger partial charge is 0.337 e. The van der Waals surface area contributed by atoms with Crippen LogP contribution in [0.1, 0.15) is 29.4 Å². The van der Waals surface area contributed by atoms with E-state index in [0.717, 1.165) is 12.2 Å². The number of carbonyl (C=O) groups is 1. The fourth-order valence-corrected chi connectivity index (χ4v) is 1.41. The molecule has 0 amide bonds. The molecule has 0 saturated carbocycles. The second-order valence-corrected chi connectivity index (χ2v) is 4.22. The predicted octanol–water partition coefficient (Wildman–Crippen LogP) is 0.983. The van der Waals surface area contributed by atoms with Crippen LogP contribution in [0, 0.1) is 0 Å². The molecular formula is C12H18N2O3. The maximum Gasteiger partial charge on any atom is 0.337 e. The van der Waals surface area contributed by atoms with Gasteiger partial charge in [-0.15, -0.1) is 0 Å². The number of aliphatic hydroxyl groups is 1. The zero-order chi connectivity index (χ0) is 12.8. The molecule has 0 aliphatic carbocycles. The van der Waals surface area contributed by atoms with Gasteiger partial charge in [-0.25, -0.2) is 4.79 Å². The maximum absolute atomic E-state index is 10.6. The summed E-state index contributed by atoms with van der Waals surface area (Å²) in [4.78, 5) is 16.8. The lowest BCUT2D eigenvalue weighted by Gasteiger charge is -2.16. The zero-order valence-corrected chi connectivity index (χ0v) is 10.1. The Balaban J connectivity index is 2.48. The normalized spacial score (nSPS) is 12.7. The van der Waals surface area contributed by atoms with E-state index in [4.69, 9.17) is 10.2 Å². The highest BCUT2D eigenvalue weighted by Crippen LogP contribution is 2.04. The Bertz CT molecular complexity index is 363. The third-order valence-electron chi connectivity index (χ3n) is 2.43. The predicted molar refractivity (Wildman–Crippen MR) is 63.8 cm³/mol. The fraction of sp³-hybridized carbons (Fsp3) is 0.500. The minimum Gasteiger partial charge on any atom is -0.478 e. The molecule has 17 heavy (non-hydrogen) atoms. The van der Waals surface area contributed by atoms with Gasteiger partial charge in [0.05, 0.1) is 17.4 Å². The van der Waals surface area contributed by atoms with Crippen molar-refractivity contribution in [2.24, 2.45) is 0 Å². The van der Waals surface area contributed by atoms with Gasteiger partial charge in [0.25, 0.3) is 0 Å². The van der Waals surface area contributed by atoms with Crippen LogP contribution in [0.3, 0.4) is 0 Å². The van der Waals surface area contributed by atoms with E-state index in [1.54, 1.807) is 19.1 Å². The van der Waals surface area contributed by atoms with Crippen molar-refractivity contribution in [2.75, 3.05) is 13.6 Å². The molecule has 1 unspecified atom stereocenters. The second kappa shape index (κ2) is 6.32. The van der Waals surface area contributed by atoms with Gasteiger partial charge in [0.2, 0.25) is 0 Å². The van der Waals surface area contributed by atoms with E-state index in [1.807, 2.05) is 11.9 Å². The number of aliphatic hydroxyl groups excluding tert-OH is 1. The molecule has 94 valence electrons. The minimum absolute atomic E-state index is 0.195. The van der Waals surface area contributed by atoms with E-state index in [1.165, 1.54) is 6.20 Å². The van der Waals surface area contributed by atoms with Crippen LogP contribution >= 0.6 is 0 Å². The van der Waals surface area contributed by atoms with Crippen LogP contribution in [0.15, 0.2) is 18.3 Å². The van der Waals surface area contributed by atoms with E-state index in [9.17, 15) is 4.79 Å². The summed E-state index contributed by atoms with van der Waals surface area (Å²) >= 11 is 0. The summed E-state index contributed by atoms with van der Waals surface area (Å²) in [5.41, 5.74) is 1.02. The van der Waals surface area contributed by atoms with E-state index < -0.39 is 5.97 Å². The molecule has 1 rings (SSSR count). The highest BCUT2D eigenvalue weighted by molar-refractivity contribution is 5.87. The van der Waals surface area contributed by atoms with E-state index in [0.29, 0.717) is 13.0 Å². The number of hydrogen-bond acceptors (Lipinski definition) is 4. The molecule has 0 aromatic carbocycles. The molecular weight excluding hydrogens is 220 g/mol. The third kappa shape index (κ3) is 4.93. The molecule has 1 heterocycles. The SMILES string of the molecule is CC(O)CCN(C)Cc1ccc(C(=O)O)cn1. The first-order chi connectivity index (χ1) is 7.99. The first kappa shape index (κ1) is 13.6. The molecule has 0 aliphatic rings. The first-order valence-corrected chi connectivity index (χ1v) is 5.54. The zero-order valence-electron chi connectivity index (χ0n) is 10.1. The van der Waals surface area contributed by atoms with Gasteiger partial charge in [-0.3, -0.25) is 4.98 Å². The molecule has 0 radical (unpaired) electrons. The first-order valence-electron chi connectivity index (χ1n) is 5.54. The standard InChI is InChI=1S/C12H18N2O3/c1-9(15)5-6-14(2)8-11-4-3-10(7-13-11)12(16)17/h3-4,7,9,15H,5-6,8H2,1-2H3,(H,16,17). The van der Waals surface area contributed by atoms with E-state index in [2.05, 4.69) is 4.98 Å². The number of pyridine rings is 1. The summed E-state index contributed by atoms with van der Waals surface area (Å²) in [6.45, 7) is 3.18. The van der Waals surface area contributed by atoms with Crippen LogP contribution in [-0.2, 0) is 6.54 Å². The number of aromatic nitrogens is 1. The van der Waals surface area contributed by atoms with Crippen molar-refractivity contribution in [1.82, 2.24) is 9.88 Å². The Kier molecular flexibility index (Phi) is 5.06. The molecule has 1 atom stereocenters. The molecule has 0 bridgehead atoms. The summed E-state index contributed by atoms with van der Waals surface area (Å²) in [5.74, 6) is -0.966. The molecule has 5 heteroatoms. The second-order valence-electron chi connectivity index (χ2n) is 4.22. The summed E-state index contributed by atoms with van der Waals surface area (Å²) in [6.07, 6.45) is 1.77. The summed E-state index contributed by atoms with van der Waals surface area (Å²) < 4.78 is 0. The lowest BCUT2D eigenvalue weighted by Crippen LogP contribution is -2.22. The average molecular weight is 238 g/mol. The number of hydrogen-bond donors (Lipinski definition) is 2. The maximum atomic E-state index is 10.6. The molecule has 0 spiro atoms. The summed E-state index contributed by atoms with van der Waals surface area (Å²) in [7, 11) is 1.94. The van der Waals surface area contributed by atoms with Crippen LogP contribution in [-0.4, -0.2) is 45.8 Å². The van der Waals surface area contributed by atoms with Gasteiger partial charge in [-0.05, 0) is 32.5 Å². The highest BCUT2D eigenvalue weighted by Gasteiger charge is 2.06. The number of rotatable bonds is 6. The van der Waals surface area contributed by atoms with Gasteiger partial charge >= 0.3 is 5.97 Å². The Morgan fingerprint density at radius 1 is 1.53 bits per heavy atom. The number of aromatic carboxylic acids is 1. The lowest BCUT2D eigenvalue weighted by atomic mass is 10.2. The Labute approximate surface area is 101 Å². The van der Waals surface area contributed by atoms with Crippen molar-refractivity contribution in [1.29, 1.82) is 0 Å². The lowest BCUT2D eigenvalue weighted by molar-refractivity contribution is 0.0696. The molecule has 0 saturated heterocycles. The molecule has 5 nitrogen and oxygen atoms in total. The van der Waals surface area contributed by atoms with Crippen molar-refractivity contribution in [3.05, 3.63) is 29.6 Å². The average Bonchev–Trinajstić information content (AvgIpc) is 2.27. The molecule has 1 aromatic heterocycles. The quantitative estimate of drug-likeness (QED) is 0.773. The van der Waals surface area contributed by atoms with Crippen LogP contribution in [0.4, 0.5) is 0 Å². The third-order valence-corrected chi connectivity index (χ3v) is 2.43. The Morgan fingerprint density at radius 3 is 2.71 bits per heavy atom. The minimum atomic E-state index is -0.966. The Hall–Kier alpha value is -1.46. The van der Waals surface area contributed by atoms with Gasteiger partial charge in [-0.2, -0.15) is 0 Å².